The SMILES string of the molecule is CCCCNC(=O)CN1CCCC2CNCC21. The van der Waals surface area contributed by atoms with Crippen molar-refractivity contribution in [2.75, 3.05) is 32.7 Å². The van der Waals surface area contributed by atoms with E-state index < -0.39 is 0 Å². The molecule has 0 saturated carbocycles. The molecule has 2 saturated heterocycles. The highest BCUT2D eigenvalue weighted by Gasteiger charge is 2.35. The number of rotatable bonds is 5. The molecular weight excluding hydrogens is 214 g/mol. The van der Waals surface area contributed by atoms with Gasteiger partial charge in [0.05, 0.1) is 6.54 Å². The van der Waals surface area contributed by atoms with Gasteiger partial charge in [-0.15, -0.1) is 0 Å². The summed E-state index contributed by atoms with van der Waals surface area (Å²) in [4.78, 5) is 14.2. The Labute approximate surface area is 104 Å². The van der Waals surface area contributed by atoms with Crippen LogP contribution in [0.2, 0.25) is 0 Å². The van der Waals surface area contributed by atoms with Gasteiger partial charge in [-0.1, -0.05) is 13.3 Å². The zero-order valence-corrected chi connectivity index (χ0v) is 10.9. The molecule has 2 N–H and O–H groups in total. The van der Waals surface area contributed by atoms with Crippen LogP contribution < -0.4 is 10.6 Å². The molecule has 0 radical (unpaired) electrons. The Bertz CT molecular complexity index is 257. The summed E-state index contributed by atoms with van der Waals surface area (Å²) in [6.45, 7) is 6.85. The van der Waals surface area contributed by atoms with Crippen molar-refractivity contribution in [1.82, 2.24) is 15.5 Å². The summed E-state index contributed by atoms with van der Waals surface area (Å²) in [6, 6.07) is 0.598. The summed E-state index contributed by atoms with van der Waals surface area (Å²) < 4.78 is 0. The first-order valence-electron chi connectivity index (χ1n) is 7.02. The van der Waals surface area contributed by atoms with Crippen molar-refractivity contribution in [3.8, 4) is 0 Å². The van der Waals surface area contributed by atoms with Gasteiger partial charge < -0.3 is 10.6 Å². The zero-order chi connectivity index (χ0) is 12.1. The van der Waals surface area contributed by atoms with Crippen molar-refractivity contribution in [3.63, 3.8) is 0 Å². The van der Waals surface area contributed by atoms with Gasteiger partial charge in [-0.05, 0) is 38.3 Å². The van der Waals surface area contributed by atoms with Gasteiger partial charge in [0.25, 0.3) is 0 Å². The van der Waals surface area contributed by atoms with Crippen LogP contribution in [0.25, 0.3) is 0 Å². The predicted molar refractivity (Wildman–Crippen MR) is 68.9 cm³/mol. The molecule has 98 valence electrons. The molecule has 2 fully saturated rings. The highest BCUT2D eigenvalue weighted by atomic mass is 16.2. The van der Waals surface area contributed by atoms with Gasteiger partial charge in [-0.25, -0.2) is 0 Å². The molecule has 0 aromatic carbocycles. The average molecular weight is 239 g/mol. The lowest BCUT2D eigenvalue weighted by Crippen LogP contribution is -2.49. The largest absolute Gasteiger partial charge is 0.355 e. The lowest BCUT2D eigenvalue weighted by atomic mass is 9.92. The van der Waals surface area contributed by atoms with E-state index in [-0.39, 0.29) is 5.91 Å². The van der Waals surface area contributed by atoms with Crippen molar-refractivity contribution in [3.05, 3.63) is 0 Å². The van der Waals surface area contributed by atoms with E-state index in [1.807, 2.05) is 0 Å². The van der Waals surface area contributed by atoms with Crippen LogP contribution in [0.15, 0.2) is 0 Å². The lowest BCUT2D eigenvalue weighted by Gasteiger charge is -2.36. The fourth-order valence-electron chi connectivity index (χ4n) is 3.00. The minimum Gasteiger partial charge on any atom is -0.355 e. The number of hydrogen-bond donors (Lipinski definition) is 2. The molecule has 17 heavy (non-hydrogen) atoms. The van der Waals surface area contributed by atoms with Crippen LogP contribution in [-0.4, -0.2) is 49.6 Å². The number of amides is 1. The second kappa shape index (κ2) is 6.36. The second-order valence-electron chi connectivity index (χ2n) is 5.30. The molecule has 2 aliphatic rings. The Morgan fingerprint density at radius 3 is 3.18 bits per heavy atom. The topological polar surface area (TPSA) is 44.4 Å². The standard InChI is InChI=1S/C13H25N3O/c1-2-3-6-15-13(17)10-16-7-4-5-11-8-14-9-12(11)16/h11-12,14H,2-10H2,1H3,(H,15,17). The first-order chi connectivity index (χ1) is 8.31. The monoisotopic (exact) mass is 239 g/mol. The molecule has 2 atom stereocenters. The third-order valence-electron chi connectivity index (χ3n) is 3.99. The van der Waals surface area contributed by atoms with Crippen LogP contribution in [0.3, 0.4) is 0 Å². The highest BCUT2D eigenvalue weighted by Crippen LogP contribution is 2.25. The normalized spacial score (nSPS) is 29.0. The van der Waals surface area contributed by atoms with Gasteiger partial charge in [-0.2, -0.15) is 0 Å². The third kappa shape index (κ3) is 3.42. The summed E-state index contributed by atoms with van der Waals surface area (Å²) in [5.41, 5.74) is 0. The molecule has 0 aliphatic carbocycles. The van der Waals surface area contributed by atoms with E-state index in [0.717, 1.165) is 44.9 Å². The van der Waals surface area contributed by atoms with Gasteiger partial charge >= 0.3 is 0 Å². The van der Waals surface area contributed by atoms with Crippen LogP contribution in [0, 0.1) is 5.92 Å². The molecule has 0 spiro atoms. The second-order valence-corrected chi connectivity index (χ2v) is 5.30. The molecule has 2 heterocycles. The van der Waals surface area contributed by atoms with Crippen molar-refractivity contribution in [2.45, 2.75) is 38.6 Å². The van der Waals surface area contributed by atoms with Crippen LogP contribution in [0.1, 0.15) is 32.6 Å². The molecule has 0 aromatic rings. The van der Waals surface area contributed by atoms with E-state index >= 15 is 0 Å². The number of hydrogen-bond acceptors (Lipinski definition) is 3. The number of unbranched alkanes of at least 4 members (excludes halogenated alkanes) is 1. The van der Waals surface area contributed by atoms with Crippen LogP contribution in [0.4, 0.5) is 0 Å². The molecule has 0 bridgehead atoms. The Morgan fingerprint density at radius 2 is 2.35 bits per heavy atom. The van der Waals surface area contributed by atoms with E-state index in [1.165, 1.54) is 12.8 Å². The van der Waals surface area contributed by atoms with E-state index in [2.05, 4.69) is 22.5 Å². The number of fused-ring (bicyclic) bond motifs is 1. The summed E-state index contributed by atoms with van der Waals surface area (Å²) >= 11 is 0. The molecular formula is C13H25N3O. The van der Waals surface area contributed by atoms with E-state index in [0.29, 0.717) is 12.6 Å². The third-order valence-corrected chi connectivity index (χ3v) is 3.99. The first-order valence-corrected chi connectivity index (χ1v) is 7.02. The molecule has 2 rings (SSSR count). The highest BCUT2D eigenvalue weighted by molar-refractivity contribution is 5.78. The maximum Gasteiger partial charge on any atom is 0.234 e. The minimum atomic E-state index is 0.200. The summed E-state index contributed by atoms with van der Waals surface area (Å²) in [5.74, 6) is 0.971. The lowest BCUT2D eigenvalue weighted by molar-refractivity contribution is -0.123. The predicted octanol–water partition coefficient (Wildman–Crippen LogP) is 0.587. The Morgan fingerprint density at radius 1 is 1.47 bits per heavy atom. The number of carbonyl (C=O) groups is 1. The molecule has 4 nitrogen and oxygen atoms in total. The number of carbonyl (C=O) groups excluding carboxylic acids is 1. The number of nitrogens with one attached hydrogen (secondary N) is 2. The average Bonchev–Trinajstić information content (AvgIpc) is 2.78. The summed E-state index contributed by atoms with van der Waals surface area (Å²) in [7, 11) is 0. The fourth-order valence-corrected chi connectivity index (χ4v) is 3.00. The van der Waals surface area contributed by atoms with E-state index in [1.54, 1.807) is 0 Å². The smallest absolute Gasteiger partial charge is 0.234 e. The quantitative estimate of drug-likeness (QED) is 0.690. The van der Waals surface area contributed by atoms with Gasteiger partial charge in [0, 0.05) is 19.1 Å². The first kappa shape index (κ1) is 12.8. The van der Waals surface area contributed by atoms with Crippen molar-refractivity contribution in [1.29, 1.82) is 0 Å². The Kier molecular flexibility index (Phi) is 4.80. The maximum atomic E-state index is 11.8. The van der Waals surface area contributed by atoms with Crippen LogP contribution in [-0.2, 0) is 4.79 Å². The van der Waals surface area contributed by atoms with Gasteiger partial charge in [0.1, 0.15) is 0 Å². The molecule has 2 unspecified atom stereocenters. The van der Waals surface area contributed by atoms with Crippen LogP contribution in [0.5, 0.6) is 0 Å². The molecule has 1 amide bonds. The number of nitrogens with zero attached hydrogens (tertiary/aromatic N) is 1. The van der Waals surface area contributed by atoms with E-state index in [9.17, 15) is 4.79 Å². The van der Waals surface area contributed by atoms with Crippen molar-refractivity contribution < 1.29 is 4.79 Å². The number of piperidine rings is 1. The van der Waals surface area contributed by atoms with Gasteiger partial charge in [-0.3, -0.25) is 9.69 Å². The number of likely N-dealkylation sites (tertiary alicyclic amines) is 1. The van der Waals surface area contributed by atoms with Gasteiger partial charge in [0.15, 0.2) is 0 Å². The van der Waals surface area contributed by atoms with Gasteiger partial charge in [0.2, 0.25) is 5.91 Å². The zero-order valence-electron chi connectivity index (χ0n) is 10.9. The van der Waals surface area contributed by atoms with E-state index in [4.69, 9.17) is 0 Å². The Balaban J connectivity index is 1.75. The fraction of sp³-hybridized carbons (Fsp3) is 0.923. The molecule has 2 aliphatic heterocycles. The summed E-state index contributed by atoms with van der Waals surface area (Å²) in [6.07, 6.45) is 4.79. The van der Waals surface area contributed by atoms with Crippen molar-refractivity contribution in [2.24, 2.45) is 5.92 Å². The minimum absolute atomic E-state index is 0.200. The van der Waals surface area contributed by atoms with Crippen molar-refractivity contribution >= 4 is 5.91 Å². The molecule has 4 heteroatoms. The molecule has 0 aromatic heterocycles. The maximum absolute atomic E-state index is 11.8. The van der Waals surface area contributed by atoms with Crippen LogP contribution >= 0.6 is 0 Å². The Hall–Kier alpha value is -0.610. The summed E-state index contributed by atoms with van der Waals surface area (Å²) in [5, 5.41) is 6.46.